The van der Waals surface area contributed by atoms with Crippen LogP contribution >= 0.6 is 23.2 Å². The van der Waals surface area contributed by atoms with E-state index in [2.05, 4.69) is 15.4 Å². The SMILES string of the molecule is O=C(NN=Cc1ccc(OCC(=O)N2CCN(Cc3ccc(Cl)cc3)CC2)c2ccccc12)c1ccc(O)c(Cl)c1. The zero-order valence-electron chi connectivity index (χ0n) is 22.1. The molecule has 0 aromatic heterocycles. The molecule has 2 N–H and O–H groups in total. The number of phenolic OH excluding ortho intramolecular Hbond substituents is 1. The Kier molecular flexibility index (Phi) is 9.04. The molecule has 2 amide bonds. The summed E-state index contributed by atoms with van der Waals surface area (Å²) in [6, 6.07) is 23.3. The van der Waals surface area contributed by atoms with E-state index < -0.39 is 5.91 Å². The van der Waals surface area contributed by atoms with Crippen LogP contribution in [-0.2, 0) is 11.3 Å². The van der Waals surface area contributed by atoms with Gasteiger partial charge in [0.1, 0.15) is 11.5 Å². The van der Waals surface area contributed by atoms with Crippen LogP contribution in [-0.4, -0.2) is 65.7 Å². The van der Waals surface area contributed by atoms with E-state index in [1.807, 2.05) is 59.5 Å². The molecule has 0 aliphatic carbocycles. The molecule has 4 aromatic carbocycles. The summed E-state index contributed by atoms with van der Waals surface area (Å²) in [6.07, 6.45) is 1.54. The smallest absolute Gasteiger partial charge is 0.271 e. The van der Waals surface area contributed by atoms with Crippen LogP contribution in [0.5, 0.6) is 11.5 Å². The molecule has 1 aliphatic rings. The summed E-state index contributed by atoms with van der Waals surface area (Å²) in [6.45, 7) is 3.65. The third-order valence-electron chi connectivity index (χ3n) is 6.89. The maximum atomic E-state index is 12.9. The van der Waals surface area contributed by atoms with Gasteiger partial charge in [0.2, 0.25) is 0 Å². The minimum absolute atomic E-state index is 0.0529. The Hall–Kier alpha value is -4.11. The fraction of sp³-hybridized carbons (Fsp3) is 0.194. The average Bonchev–Trinajstić information content (AvgIpc) is 2.99. The van der Waals surface area contributed by atoms with Gasteiger partial charge in [0.25, 0.3) is 11.8 Å². The highest BCUT2D eigenvalue weighted by Crippen LogP contribution is 2.28. The van der Waals surface area contributed by atoms with E-state index in [0.29, 0.717) is 18.8 Å². The van der Waals surface area contributed by atoms with Gasteiger partial charge in [0.05, 0.1) is 11.2 Å². The molecule has 1 heterocycles. The molecule has 5 rings (SSSR count). The molecule has 41 heavy (non-hydrogen) atoms. The van der Waals surface area contributed by atoms with Crippen molar-refractivity contribution < 1.29 is 19.4 Å². The molecular weight excluding hydrogens is 563 g/mol. The molecule has 4 aromatic rings. The van der Waals surface area contributed by atoms with Gasteiger partial charge in [-0.05, 0) is 53.4 Å². The van der Waals surface area contributed by atoms with Crippen LogP contribution in [0.3, 0.4) is 0 Å². The number of carbonyl (C=O) groups is 2. The molecule has 0 unspecified atom stereocenters. The Morgan fingerprint density at radius 3 is 2.39 bits per heavy atom. The fourth-order valence-corrected chi connectivity index (χ4v) is 4.95. The summed E-state index contributed by atoms with van der Waals surface area (Å²) in [5, 5.41) is 16.1. The second kappa shape index (κ2) is 13.0. The van der Waals surface area contributed by atoms with Crippen LogP contribution < -0.4 is 10.2 Å². The molecule has 8 nitrogen and oxygen atoms in total. The highest BCUT2D eigenvalue weighted by molar-refractivity contribution is 6.32. The summed E-state index contributed by atoms with van der Waals surface area (Å²) in [5.74, 6) is -0.0232. The fourth-order valence-electron chi connectivity index (χ4n) is 4.64. The number of hydrogen-bond donors (Lipinski definition) is 2. The monoisotopic (exact) mass is 590 g/mol. The Bertz CT molecular complexity index is 1590. The normalized spacial score (nSPS) is 14.0. The first-order valence-corrected chi connectivity index (χ1v) is 13.8. The standard InChI is InChI=1S/C31H28Cl2N4O4/c32-24-9-5-21(6-10-24)19-36-13-15-37(16-14-36)30(39)20-41-29-12-8-23(25-3-1-2-4-26(25)29)18-34-35-31(40)22-7-11-28(38)27(33)17-22/h1-12,17-18,38H,13-16,19-20H2,(H,35,40). The van der Waals surface area contributed by atoms with E-state index in [1.165, 1.54) is 23.8 Å². The van der Waals surface area contributed by atoms with Crippen molar-refractivity contribution in [1.29, 1.82) is 0 Å². The van der Waals surface area contributed by atoms with Gasteiger partial charge >= 0.3 is 0 Å². The molecule has 0 bridgehead atoms. The molecule has 1 aliphatic heterocycles. The van der Waals surface area contributed by atoms with Crippen LogP contribution in [0.25, 0.3) is 10.8 Å². The largest absolute Gasteiger partial charge is 0.506 e. The Morgan fingerprint density at radius 2 is 1.66 bits per heavy atom. The van der Waals surface area contributed by atoms with E-state index in [-0.39, 0.29) is 28.8 Å². The van der Waals surface area contributed by atoms with Gasteiger partial charge in [-0.3, -0.25) is 14.5 Å². The van der Waals surface area contributed by atoms with Crippen molar-refractivity contribution in [2.24, 2.45) is 5.10 Å². The Balaban J connectivity index is 1.17. The summed E-state index contributed by atoms with van der Waals surface area (Å²) >= 11 is 11.9. The third kappa shape index (κ3) is 7.16. The van der Waals surface area contributed by atoms with Gasteiger partial charge in [-0.1, -0.05) is 59.6 Å². The predicted octanol–water partition coefficient (Wildman–Crippen LogP) is 5.34. The number of halogens is 2. The molecule has 0 saturated carbocycles. The lowest BCUT2D eigenvalue weighted by Gasteiger charge is -2.34. The topological polar surface area (TPSA) is 94.5 Å². The number of hydrogen-bond acceptors (Lipinski definition) is 6. The van der Waals surface area contributed by atoms with Gasteiger partial charge in [-0.2, -0.15) is 5.10 Å². The maximum Gasteiger partial charge on any atom is 0.271 e. The lowest BCUT2D eigenvalue weighted by Crippen LogP contribution is -2.49. The van der Waals surface area contributed by atoms with Crippen molar-refractivity contribution in [3.8, 4) is 11.5 Å². The number of amides is 2. The van der Waals surface area contributed by atoms with Gasteiger partial charge in [-0.25, -0.2) is 5.43 Å². The van der Waals surface area contributed by atoms with Gasteiger partial charge in [-0.15, -0.1) is 0 Å². The van der Waals surface area contributed by atoms with Crippen LogP contribution in [0.4, 0.5) is 0 Å². The molecule has 10 heteroatoms. The quantitative estimate of drug-likeness (QED) is 0.213. The second-order valence-electron chi connectivity index (χ2n) is 9.64. The van der Waals surface area contributed by atoms with E-state index in [1.54, 1.807) is 12.3 Å². The molecule has 0 radical (unpaired) electrons. The van der Waals surface area contributed by atoms with Gasteiger partial charge in [0, 0.05) is 54.3 Å². The van der Waals surface area contributed by atoms with Crippen molar-refractivity contribution in [3.63, 3.8) is 0 Å². The summed E-state index contributed by atoms with van der Waals surface area (Å²) in [7, 11) is 0. The number of hydrazone groups is 1. The molecule has 0 spiro atoms. The van der Waals surface area contributed by atoms with Crippen LogP contribution in [0, 0.1) is 0 Å². The lowest BCUT2D eigenvalue weighted by molar-refractivity contribution is -0.135. The van der Waals surface area contributed by atoms with Gasteiger partial charge in [0.15, 0.2) is 6.61 Å². The van der Waals surface area contributed by atoms with Crippen molar-refractivity contribution in [1.82, 2.24) is 15.2 Å². The van der Waals surface area contributed by atoms with E-state index in [0.717, 1.165) is 41.0 Å². The number of rotatable bonds is 8. The van der Waals surface area contributed by atoms with E-state index in [9.17, 15) is 14.7 Å². The minimum atomic E-state index is -0.461. The molecule has 210 valence electrons. The average molecular weight is 591 g/mol. The highest BCUT2D eigenvalue weighted by atomic mass is 35.5. The number of ether oxygens (including phenoxy) is 1. The number of aromatic hydroxyl groups is 1. The Morgan fingerprint density at radius 1 is 0.927 bits per heavy atom. The first kappa shape index (κ1) is 28.4. The maximum absolute atomic E-state index is 12.9. The van der Waals surface area contributed by atoms with Crippen molar-refractivity contribution >= 4 is 52.0 Å². The zero-order chi connectivity index (χ0) is 28.8. The van der Waals surface area contributed by atoms with Gasteiger partial charge < -0.3 is 14.7 Å². The number of benzene rings is 4. The van der Waals surface area contributed by atoms with Crippen molar-refractivity contribution in [3.05, 3.63) is 106 Å². The number of nitrogens with one attached hydrogen (secondary N) is 1. The second-order valence-corrected chi connectivity index (χ2v) is 10.5. The summed E-state index contributed by atoms with van der Waals surface area (Å²) in [4.78, 5) is 29.5. The van der Waals surface area contributed by atoms with Crippen LogP contribution in [0.1, 0.15) is 21.5 Å². The van der Waals surface area contributed by atoms with Crippen molar-refractivity contribution in [2.45, 2.75) is 6.54 Å². The van der Waals surface area contributed by atoms with Crippen LogP contribution in [0.15, 0.2) is 84.0 Å². The molecular formula is C31H28Cl2N4O4. The molecule has 0 atom stereocenters. The number of phenols is 1. The van der Waals surface area contributed by atoms with Crippen molar-refractivity contribution in [2.75, 3.05) is 32.8 Å². The Labute approximate surface area is 247 Å². The molecule has 1 saturated heterocycles. The number of fused-ring (bicyclic) bond motifs is 1. The third-order valence-corrected chi connectivity index (χ3v) is 7.45. The summed E-state index contributed by atoms with van der Waals surface area (Å²) < 4.78 is 5.98. The number of piperazine rings is 1. The number of carbonyl (C=O) groups excluding carboxylic acids is 2. The van der Waals surface area contributed by atoms with E-state index >= 15 is 0 Å². The lowest BCUT2D eigenvalue weighted by atomic mass is 10.0. The van der Waals surface area contributed by atoms with E-state index in [4.69, 9.17) is 27.9 Å². The van der Waals surface area contributed by atoms with Crippen LogP contribution in [0.2, 0.25) is 10.0 Å². The predicted molar refractivity (Wildman–Crippen MR) is 161 cm³/mol. The summed E-state index contributed by atoms with van der Waals surface area (Å²) in [5.41, 5.74) is 4.70. The first-order valence-electron chi connectivity index (χ1n) is 13.1. The first-order chi connectivity index (χ1) is 19.9. The minimum Gasteiger partial charge on any atom is -0.506 e. The highest BCUT2D eigenvalue weighted by Gasteiger charge is 2.22. The zero-order valence-corrected chi connectivity index (χ0v) is 23.6. The molecule has 1 fully saturated rings. The number of nitrogens with zero attached hydrogens (tertiary/aromatic N) is 3.